The number of aryl methyl sites for hydroxylation is 1. The lowest BCUT2D eigenvalue weighted by Crippen LogP contribution is -2.47. The van der Waals surface area contributed by atoms with E-state index in [1.807, 2.05) is 20.2 Å². The predicted octanol–water partition coefficient (Wildman–Crippen LogP) is 0.781. The van der Waals surface area contributed by atoms with Crippen LogP contribution in [-0.4, -0.2) is 27.2 Å². The molecule has 0 bridgehead atoms. The van der Waals surface area contributed by atoms with Crippen LogP contribution in [0.4, 0.5) is 0 Å². The van der Waals surface area contributed by atoms with Crippen molar-refractivity contribution in [3.8, 4) is 0 Å². The molecule has 1 aromatic rings. The normalized spacial score (nSPS) is 13.9. The molecular formula is C12H20N4OS. The number of amides is 1. The molecule has 1 aromatic heterocycles. The highest BCUT2D eigenvalue weighted by molar-refractivity contribution is 7.80. The SMILES string of the molecule is CCC(C)(C(=O)NCCc1cnn(C)c1)C(N)=S. The number of hydrogen-bond acceptors (Lipinski definition) is 3. The van der Waals surface area contributed by atoms with Gasteiger partial charge in [0.2, 0.25) is 5.91 Å². The van der Waals surface area contributed by atoms with E-state index in [0.29, 0.717) is 13.0 Å². The van der Waals surface area contributed by atoms with E-state index in [-0.39, 0.29) is 10.9 Å². The minimum atomic E-state index is -0.760. The zero-order valence-electron chi connectivity index (χ0n) is 11.1. The highest BCUT2D eigenvalue weighted by atomic mass is 32.1. The Balaban J connectivity index is 2.48. The predicted molar refractivity (Wildman–Crippen MR) is 75.1 cm³/mol. The molecule has 5 nitrogen and oxygen atoms in total. The number of rotatable bonds is 6. The number of aromatic nitrogens is 2. The van der Waals surface area contributed by atoms with Crippen molar-refractivity contribution in [3.05, 3.63) is 18.0 Å². The smallest absolute Gasteiger partial charge is 0.232 e. The first-order valence-corrected chi connectivity index (χ1v) is 6.36. The van der Waals surface area contributed by atoms with Crippen molar-refractivity contribution in [2.75, 3.05) is 6.54 Å². The average molecular weight is 268 g/mol. The lowest BCUT2D eigenvalue weighted by atomic mass is 9.86. The maximum Gasteiger partial charge on any atom is 0.232 e. The van der Waals surface area contributed by atoms with E-state index < -0.39 is 5.41 Å². The zero-order chi connectivity index (χ0) is 13.8. The largest absolute Gasteiger partial charge is 0.392 e. The molecule has 0 aliphatic rings. The van der Waals surface area contributed by atoms with Crippen molar-refractivity contribution in [2.24, 2.45) is 18.2 Å². The summed E-state index contributed by atoms with van der Waals surface area (Å²) in [7, 11) is 1.86. The van der Waals surface area contributed by atoms with Gasteiger partial charge in [0, 0.05) is 19.8 Å². The zero-order valence-corrected chi connectivity index (χ0v) is 11.9. The van der Waals surface area contributed by atoms with Crippen LogP contribution in [0.1, 0.15) is 25.8 Å². The number of nitrogens with zero attached hydrogens (tertiary/aromatic N) is 2. The molecule has 1 heterocycles. The third-order valence-corrected chi connectivity index (χ3v) is 3.66. The van der Waals surface area contributed by atoms with Crippen LogP contribution in [0.25, 0.3) is 0 Å². The van der Waals surface area contributed by atoms with Crippen molar-refractivity contribution in [1.29, 1.82) is 0 Å². The van der Waals surface area contributed by atoms with Crippen molar-refractivity contribution in [1.82, 2.24) is 15.1 Å². The summed E-state index contributed by atoms with van der Waals surface area (Å²) in [6.07, 6.45) is 5.06. The van der Waals surface area contributed by atoms with Gasteiger partial charge in [-0.25, -0.2) is 0 Å². The molecule has 0 saturated heterocycles. The van der Waals surface area contributed by atoms with E-state index in [0.717, 1.165) is 12.0 Å². The third kappa shape index (κ3) is 3.29. The van der Waals surface area contributed by atoms with E-state index in [9.17, 15) is 4.79 Å². The van der Waals surface area contributed by atoms with Crippen LogP contribution in [-0.2, 0) is 18.3 Å². The fourth-order valence-corrected chi connectivity index (χ4v) is 1.80. The monoisotopic (exact) mass is 268 g/mol. The lowest BCUT2D eigenvalue weighted by Gasteiger charge is -2.25. The first-order chi connectivity index (χ1) is 8.40. The number of nitrogens with two attached hydrogens (primary N) is 1. The summed E-state index contributed by atoms with van der Waals surface area (Å²) < 4.78 is 1.74. The van der Waals surface area contributed by atoms with Gasteiger partial charge in [0.25, 0.3) is 0 Å². The van der Waals surface area contributed by atoms with Crippen LogP contribution in [0.5, 0.6) is 0 Å². The van der Waals surface area contributed by atoms with Gasteiger partial charge < -0.3 is 11.1 Å². The molecule has 1 unspecified atom stereocenters. The number of carbonyl (C=O) groups excluding carboxylic acids is 1. The Labute approximate surface area is 113 Å². The first-order valence-electron chi connectivity index (χ1n) is 5.96. The molecule has 6 heteroatoms. The van der Waals surface area contributed by atoms with Crippen LogP contribution in [0.15, 0.2) is 12.4 Å². The van der Waals surface area contributed by atoms with E-state index in [2.05, 4.69) is 10.4 Å². The van der Waals surface area contributed by atoms with E-state index >= 15 is 0 Å². The molecule has 1 amide bonds. The highest BCUT2D eigenvalue weighted by Crippen LogP contribution is 2.21. The molecule has 18 heavy (non-hydrogen) atoms. The molecule has 0 radical (unpaired) electrons. The van der Waals surface area contributed by atoms with Gasteiger partial charge in [0.15, 0.2) is 0 Å². The van der Waals surface area contributed by atoms with Crippen molar-refractivity contribution < 1.29 is 4.79 Å². The maximum atomic E-state index is 12.0. The summed E-state index contributed by atoms with van der Waals surface area (Å²) in [5.41, 5.74) is 5.96. The Morgan fingerprint density at radius 3 is 2.78 bits per heavy atom. The van der Waals surface area contributed by atoms with Crippen LogP contribution in [0.2, 0.25) is 0 Å². The lowest BCUT2D eigenvalue weighted by molar-refractivity contribution is -0.126. The topological polar surface area (TPSA) is 72.9 Å². The Morgan fingerprint density at radius 2 is 2.33 bits per heavy atom. The summed E-state index contributed by atoms with van der Waals surface area (Å²) in [6.45, 7) is 4.23. The standard InChI is InChI=1S/C12H20N4OS/c1-4-12(2,10(13)18)11(17)14-6-5-9-7-15-16(3)8-9/h7-8H,4-6H2,1-3H3,(H2,13,18)(H,14,17). The van der Waals surface area contributed by atoms with Gasteiger partial charge in [-0.15, -0.1) is 0 Å². The minimum Gasteiger partial charge on any atom is -0.392 e. The second kappa shape index (κ2) is 5.95. The quantitative estimate of drug-likeness (QED) is 0.748. The minimum absolute atomic E-state index is 0.110. The summed E-state index contributed by atoms with van der Waals surface area (Å²) in [4.78, 5) is 12.3. The summed E-state index contributed by atoms with van der Waals surface area (Å²) in [6, 6.07) is 0. The van der Waals surface area contributed by atoms with Crippen LogP contribution >= 0.6 is 12.2 Å². The van der Waals surface area contributed by atoms with Crippen molar-refractivity contribution in [3.63, 3.8) is 0 Å². The Hall–Kier alpha value is -1.43. The fraction of sp³-hybridized carbons (Fsp3) is 0.583. The van der Waals surface area contributed by atoms with Gasteiger partial charge in [-0.3, -0.25) is 9.48 Å². The molecule has 0 aliphatic carbocycles. The molecule has 0 aliphatic heterocycles. The molecule has 1 atom stereocenters. The molecule has 1 rings (SSSR count). The number of hydrogen-bond donors (Lipinski definition) is 2. The van der Waals surface area contributed by atoms with E-state index in [1.54, 1.807) is 17.8 Å². The first kappa shape index (κ1) is 14.6. The molecule has 0 spiro atoms. The Bertz CT molecular complexity index is 443. The number of thiocarbonyl (C=S) groups is 1. The van der Waals surface area contributed by atoms with Crippen LogP contribution in [0.3, 0.4) is 0 Å². The molecular weight excluding hydrogens is 248 g/mol. The second-order valence-electron chi connectivity index (χ2n) is 4.58. The van der Waals surface area contributed by atoms with E-state index in [1.165, 1.54) is 0 Å². The molecule has 100 valence electrons. The second-order valence-corrected chi connectivity index (χ2v) is 5.02. The molecule has 0 fully saturated rings. The van der Waals surface area contributed by atoms with Gasteiger partial charge in [0.1, 0.15) is 0 Å². The molecule has 0 aromatic carbocycles. The maximum absolute atomic E-state index is 12.0. The Morgan fingerprint density at radius 1 is 1.67 bits per heavy atom. The van der Waals surface area contributed by atoms with Gasteiger partial charge in [-0.1, -0.05) is 19.1 Å². The van der Waals surface area contributed by atoms with E-state index in [4.69, 9.17) is 18.0 Å². The number of nitrogens with one attached hydrogen (secondary N) is 1. The highest BCUT2D eigenvalue weighted by Gasteiger charge is 2.34. The molecule has 3 N–H and O–H groups in total. The fourth-order valence-electron chi connectivity index (χ4n) is 1.56. The number of carbonyl (C=O) groups is 1. The Kier molecular flexibility index (Phi) is 4.84. The van der Waals surface area contributed by atoms with Crippen LogP contribution in [0, 0.1) is 5.41 Å². The van der Waals surface area contributed by atoms with Crippen LogP contribution < -0.4 is 11.1 Å². The van der Waals surface area contributed by atoms with Crippen molar-refractivity contribution >= 4 is 23.1 Å². The third-order valence-electron chi connectivity index (χ3n) is 3.21. The average Bonchev–Trinajstić information content (AvgIpc) is 2.73. The van der Waals surface area contributed by atoms with Gasteiger partial charge in [-0.05, 0) is 25.3 Å². The van der Waals surface area contributed by atoms with Gasteiger partial charge >= 0.3 is 0 Å². The summed E-state index contributed by atoms with van der Waals surface area (Å²) >= 11 is 4.96. The molecule has 0 saturated carbocycles. The summed E-state index contributed by atoms with van der Waals surface area (Å²) in [5.74, 6) is -0.110. The van der Waals surface area contributed by atoms with Crippen molar-refractivity contribution in [2.45, 2.75) is 26.7 Å². The van der Waals surface area contributed by atoms with Gasteiger partial charge in [0.05, 0.1) is 16.6 Å². The summed E-state index contributed by atoms with van der Waals surface area (Å²) in [5, 5.41) is 6.94. The van der Waals surface area contributed by atoms with Gasteiger partial charge in [-0.2, -0.15) is 5.10 Å².